The van der Waals surface area contributed by atoms with E-state index in [9.17, 15) is 9.18 Å². The number of hydrogen-bond donors (Lipinski definition) is 1. The van der Waals surface area contributed by atoms with Crippen LogP contribution in [0, 0.1) is 0 Å². The molecule has 0 bridgehead atoms. The molecule has 0 aliphatic rings. The maximum absolute atomic E-state index is 12.0. The summed E-state index contributed by atoms with van der Waals surface area (Å²) in [6, 6.07) is 7.84. The van der Waals surface area contributed by atoms with E-state index in [0.29, 0.717) is 6.54 Å². The Bertz CT molecular complexity index is 629. The Labute approximate surface area is 134 Å². The summed E-state index contributed by atoms with van der Waals surface area (Å²) in [6.45, 7) is 3.77. The summed E-state index contributed by atoms with van der Waals surface area (Å²) < 4.78 is 17.0. The topological polar surface area (TPSA) is 64.1 Å². The molecule has 122 valence electrons. The van der Waals surface area contributed by atoms with Gasteiger partial charge < -0.3 is 10.1 Å². The van der Waals surface area contributed by atoms with E-state index >= 15 is 0 Å². The van der Waals surface area contributed by atoms with Crippen molar-refractivity contribution in [2.24, 2.45) is 0 Å². The van der Waals surface area contributed by atoms with Gasteiger partial charge >= 0.3 is 6.01 Å². The molecule has 1 N–H and O–H groups in total. The highest BCUT2D eigenvalue weighted by Gasteiger charge is 2.14. The lowest BCUT2D eigenvalue weighted by molar-refractivity contribution is -0.122. The second-order valence-electron chi connectivity index (χ2n) is 5.03. The lowest BCUT2D eigenvalue weighted by Gasteiger charge is -2.12. The number of nitrogens with zero attached hydrogens (tertiary/aromatic N) is 2. The van der Waals surface area contributed by atoms with Gasteiger partial charge in [0.1, 0.15) is 13.3 Å². The van der Waals surface area contributed by atoms with Crippen LogP contribution in [0.3, 0.4) is 0 Å². The fourth-order valence-electron chi connectivity index (χ4n) is 2.11. The number of hydrogen-bond acceptors (Lipinski definition) is 4. The van der Waals surface area contributed by atoms with Crippen LogP contribution in [0.2, 0.25) is 0 Å². The first kappa shape index (κ1) is 16.9. The molecule has 0 aliphatic heterocycles. The Morgan fingerprint density at radius 3 is 2.43 bits per heavy atom. The summed E-state index contributed by atoms with van der Waals surface area (Å²) in [7, 11) is 0. The molecule has 1 amide bonds. The number of likely N-dealkylation sites (N-methyl/N-ethyl adjacent to an activating group) is 1. The van der Waals surface area contributed by atoms with E-state index in [2.05, 4.69) is 15.3 Å². The van der Waals surface area contributed by atoms with Gasteiger partial charge in [-0.3, -0.25) is 4.79 Å². The lowest BCUT2D eigenvalue weighted by Crippen LogP contribution is -2.27. The molecule has 1 atom stereocenters. The number of rotatable bonds is 7. The number of nitrogens with one attached hydrogen (secondary N) is 1. The summed E-state index contributed by atoms with van der Waals surface area (Å²) in [5, 5.41) is 2.81. The van der Waals surface area contributed by atoms with Crippen molar-refractivity contribution in [1.29, 1.82) is 0 Å². The van der Waals surface area contributed by atoms with Crippen LogP contribution in [-0.4, -0.2) is 35.7 Å². The van der Waals surface area contributed by atoms with Crippen LogP contribution in [0.4, 0.5) is 4.39 Å². The Hall–Kier alpha value is -2.50. The second-order valence-corrected chi connectivity index (χ2v) is 5.03. The molecule has 0 radical (unpaired) electrons. The number of carbonyl (C=O) groups excluding carboxylic acids is 1. The van der Waals surface area contributed by atoms with E-state index in [-0.39, 0.29) is 24.4 Å². The van der Waals surface area contributed by atoms with E-state index in [0.717, 1.165) is 16.7 Å². The molecule has 1 unspecified atom stereocenters. The smallest absolute Gasteiger partial charge is 0.316 e. The minimum Gasteiger partial charge on any atom is -0.461 e. The van der Waals surface area contributed by atoms with E-state index in [1.54, 1.807) is 12.4 Å². The number of aromatic nitrogens is 2. The van der Waals surface area contributed by atoms with Crippen LogP contribution in [0.5, 0.6) is 6.01 Å². The van der Waals surface area contributed by atoms with Gasteiger partial charge in [0.05, 0.1) is 5.92 Å². The van der Waals surface area contributed by atoms with Crippen molar-refractivity contribution in [3.05, 3.63) is 42.2 Å². The molecule has 0 aliphatic carbocycles. The zero-order valence-electron chi connectivity index (χ0n) is 13.3. The van der Waals surface area contributed by atoms with Gasteiger partial charge in [-0.05, 0) is 25.0 Å². The Kier molecular flexibility index (Phi) is 6.02. The van der Waals surface area contributed by atoms with Crippen molar-refractivity contribution in [2.75, 3.05) is 19.8 Å². The fraction of sp³-hybridized carbons (Fsp3) is 0.353. The third kappa shape index (κ3) is 4.48. The molecule has 1 aromatic carbocycles. The first-order valence-corrected chi connectivity index (χ1v) is 7.54. The average Bonchev–Trinajstić information content (AvgIpc) is 2.60. The highest BCUT2D eigenvalue weighted by Crippen LogP contribution is 2.22. The number of halogens is 1. The summed E-state index contributed by atoms with van der Waals surface area (Å²) in [5.74, 6) is -0.185. The van der Waals surface area contributed by atoms with Crippen LogP contribution >= 0.6 is 0 Å². The molecule has 2 rings (SSSR count). The molecule has 6 heteroatoms. The van der Waals surface area contributed by atoms with Gasteiger partial charge in [0.2, 0.25) is 5.91 Å². The average molecular weight is 317 g/mol. The van der Waals surface area contributed by atoms with Crippen LogP contribution in [0.15, 0.2) is 36.7 Å². The van der Waals surface area contributed by atoms with Crippen LogP contribution in [-0.2, 0) is 4.79 Å². The molecule has 2 aromatic rings. The van der Waals surface area contributed by atoms with Gasteiger partial charge in [-0.15, -0.1) is 0 Å². The largest absolute Gasteiger partial charge is 0.461 e. The molecular weight excluding hydrogens is 297 g/mol. The SMILES string of the molecule is CCNC(=O)C(C)c1ccc(-c2cnc(OCCF)nc2)cc1. The van der Waals surface area contributed by atoms with E-state index < -0.39 is 6.67 Å². The molecule has 1 heterocycles. The normalized spacial score (nSPS) is 11.8. The van der Waals surface area contributed by atoms with Gasteiger partial charge in [0.15, 0.2) is 0 Å². The van der Waals surface area contributed by atoms with Crippen LogP contribution in [0.25, 0.3) is 11.1 Å². The van der Waals surface area contributed by atoms with E-state index in [4.69, 9.17) is 4.74 Å². The lowest BCUT2D eigenvalue weighted by atomic mass is 9.98. The molecule has 0 spiro atoms. The number of alkyl halides is 1. The van der Waals surface area contributed by atoms with Crippen LogP contribution < -0.4 is 10.1 Å². The zero-order valence-corrected chi connectivity index (χ0v) is 13.3. The van der Waals surface area contributed by atoms with Crippen molar-refractivity contribution in [1.82, 2.24) is 15.3 Å². The molecule has 5 nitrogen and oxygen atoms in total. The molecule has 0 fully saturated rings. The highest BCUT2D eigenvalue weighted by molar-refractivity contribution is 5.83. The standard InChI is InChI=1S/C17H20FN3O2/c1-3-19-16(22)12(2)13-4-6-14(7-5-13)15-10-20-17(21-11-15)23-9-8-18/h4-7,10-12H,3,8-9H2,1-2H3,(H,19,22). The summed E-state index contributed by atoms with van der Waals surface area (Å²) in [6.07, 6.45) is 3.26. The van der Waals surface area contributed by atoms with Crippen molar-refractivity contribution in [3.63, 3.8) is 0 Å². The summed E-state index contributed by atoms with van der Waals surface area (Å²) in [5.41, 5.74) is 2.72. The van der Waals surface area contributed by atoms with Crippen molar-refractivity contribution < 1.29 is 13.9 Å². The molecule has 23 heavy (non-hydrogen) atoms. The van der Waals surface area contributed by atoms with Gasteiger partial charge in [-0.1, -0.05) is 24.3 Å². The first-order chi connectivity index (χ1) is 11.2. The molecule has 0 saturated carbocycles. The van der Waals surface area contributed by atoms with Gasteiger partial charge in [0, 0.05) is 24.5 Å². The number of amides is 1. The van der Waals surface area contributed by atoms with Crippen LogP contribution in [0.1, 0.15) is 25.3 Å². The molecular formula is C17H20FN3O2. The van der Waals surface area contributed by atoms with E-state index in [1.807, 2.05) is 38.1 Å². The summed E-state index contributed by atoms with van der Waals surface area (Å²) >= 11 is 0. The fourth-order valence-corrected chi connectivity index (χ4v) is 2.11. The van der Waals surface area contributed by atoms with Crippen molar-refractivity contribution >= 4 is 5.91 Å². The third-order valence-corrected chi connectivity index (χ3v) is 3.42. The Balaban J connectivity index is 2.08. The number of ether oxygens (including phenoxy) is 1. The number of carbonyl (C=O) groups is 1. The Morgan fingerprint density at radius 1 is 1.22 bits per heavy atom. The number of benzene rings is 1. The third-order valence-electron chi connectivity index (χ3n) is 3.42. The predicted octanol–water partition coefficient (Wildman–Crippen LogP) is 2.73. The Morgan fingerprint density at radius 2 is 1.87 bits per heavy atom. The monoisotopic (exact) mass is 317 g/mol. The molecule has 0 saturated heterocycles. The quantitative estimate of drug-likeness (QED) is 0.853. The maximum Gasteiger partial charge on any atom is 0.316 e. The van der Waals surface area contributed by atoms with Gasteiger partial charge in [-0.2, -0.15) is 0 Å². The first-order valence-electron chi connectivity index (χ1n) is 7.54. The van der Waals surface area contributed by atoms with E-state index in [1.165, 1.54) is 0 Å². The highest BCUT2D eigenvalue weighted by atomic mass is 19.1. The second kappa shape index (κ2) is 8.22. The predicted molar refractivity (Wildman–Crippen MR) is 86.0 cm³/mol. The van der Waals surface area contributed by atoms with Crippen molar-refractivity contribution in [3.8, 4) is 17.1 Å². The zero-order chi connectivity index (χ0) is 16.7. The minimum absolute atomic E-state index is 0.0120. The maximum atomic E-state index is 12.0. The van der Waals surface area contributed by atoms with Gasteiger partial charge in [-0.25, -0.2) is 14.4 Å². The summed E-state index contributed by atoms with van der Waals surface area (Å²) in [4.78, 5) is 19.9. The minimum atomic E-state index is -0.573. The van der Waals surface area contributed by atoms with Gasteiger partial charge in [0.25, 0.3) is 0 Å². The molecule has 1 aromatic heterocycles. The van der Waals surface area contributed by atoms with Crippen molar-refractivity contribution in [2.45, 2.75) is 19.8 Å².